The van der Waals surface area contributed by atoms with Crippen LogP contribution in [0.5, 0.6) is 0 Å². The first kappa shape index (κ1) is 14.4. The van der Waals surface area contributed by atoms with Crippen LogP contribution in [0.2, 0.25) is 0 Å². The number of ether oxygens (including phenoxy) is 1. The minimum atomic E-state index is -0.0129. The van der Waals surface area contributed by atoms with Crippen LogP contribution >= 0.6 is 11.3 Å². The fraction of sp³-hybridized carbons (Fsp3) is 0.294. The Morgan fingerprint density at radius 1 is 1.17 bits per heavy atom. The van der Waals surface area contributed by atoms with Crippen molar-refractivity contribution in [1.29, 1.82) is 0 Å². The van der Waals surface area contributed by atoms with E-state index in [1.54, 1.807) is 16.2 Å². The largest absolute Gasteiger partial charge is 0.378 e. The summed E-state index contributed by atoms with van der Waals surface area (Å²) in [6.45, 7) is 4.56. The number of rotatable bonds is 2. The lowest BCUT2D eigenvalue weighted by Crippen LogP contribution is -2.40. The summed E-state index contributed by atoms with van der Waals surface area (Å²) in [6, 6.07) is 8.43. The average Bonchev–Trinajstić information content (AvgIpc) is 3.14. The number of morpholine rings is 1. The van der Waals surface area contributed by atoms with E-state index >= 15 is 0 Å². The highest BCUT2D eigenvalue weighted by Gasteiger charge is 2.21. The third-order valence-corrected chi connectivity index (χ3v) is 5.06. The van der Waals surface area contributed by atoms with Gasteiger partial charge in [0.05, 0.1) is 18.1 Å². The van der Waals surface area contributed by atoms with Crippen molar-refractivity contribution in [3.05, 3.63) is 47.9 Å². The van der Waals surface area contributed by atoms with E-state index in [1.165, 1.54) is 11.1 Å². The molecule has 1 saturated heterocycles. The average molecular weight is 327 g/mol. The molecule has 4 rings (SSSR count). The summed E-state index contributed by atoms with van der Waals surface area (Å²) in [5.41, 5.74) is 2.93. The lowest BCUT2D eigenvalue weighted by Gasteiger charge is -2.25. The Labute approximate surface area is 138 Å². The molecule has 1 aliphatic heterocycles. The van der Waals surface area contributed by atoms with E-state index in [2.05, 4.69) is 36.2 Å². The molecule has 3 heterocycles. The van der Waals surface area contributed by atoms with Crippen LogP contribution in [0.3, 0.4) is 0 Å². The molecule has 1 aliphatic rings. The summed E-state index contributed by atoms with van der Waals surface area (Å²) in [6.07, 6.45) is 3.86. The third-order valence-electron chi connectivity index (χ3n) is 4.01. The number of thiazole rings is 1. The predicted molar refractivity (Wildman–Crippen MR) is 90.0 cm³/mol. The predicted octanol–water partition coefficient (Wildman–Crippen LogP) is 2.84. The number of imidazole rings is 1. The lowest BCUT2D eigenvalue weighted by molar-refractivity contribution is 0.0299. The van der Waals surface area contributed by atoms with Crippen LogP contribution in [0.1, 0.15) is 16.1 Å². The monoisotopic (exact) mass is 327 g/mol. The van der Waals surface area contributed by atoms with E-state index in [1.807, 2.05) is 16.8 Å². The van der Waals surface area contributed by atoms with E-state index in [0.717, 1.165) is 9.84 Å². The van der Waals surface area contributed by atoms with Crippen molar-refractivity contribution in [3.63, 3.8) is 0 Å². The first-order valence-corrected chi connectivity index (χ1v) is 8.45. The van der Waals surface area contributed by atoms with Gasteiger partial charge in [0.2, 0.25) is 0 Å². The molecular weight excluding hydrogens is 310 g/mol. The van der Waals surface area contributed by atoms with Crippen molar-refractivity contribution in [2.24, 2.45) is 0 Å². The molecule has 0 aliphatic carbocycles. The molecule has 0 saturated carbocycles. The van der Waals surface area contributed by atoms with Crippen molar-refractivity contribution < 1.29 is 9.53 Å². The van der Waals surface area contributed by atoms with E-state index in [9.17, 15) is 4.79 Å². The molecule has 3 aromatic rings. The fourth-order valence-corrected chi connectivity index (χ4v) is 3.65. The van der Waals surface area contributed by atoms with Crippen molar-refractivity contribution >= 4 is 22.2 Å². The Balaban J connectivity index is 1.61. The summed E-state index contributed by atoms with van der Waals surface area (Å²) in [4.78, 5) is 20.8. The second-order valence-electron chi connectivity index (χ2n) is 5.68. The van der Waals surface area contributed by atoms with Gasteiger partial charge < -0.3 is 9.64 Å². The number of aryl methyl sites for hydroxylation is 1. The molecule has 0 spiro atoms. The highest BCUT2D eigenvalue weighted by molar-refractivity contribution is 7.20. The molecule has 0 radical (unpaired) electrons. The second-order valence-corrected chi connectivity index (χ2v) is 6.69. The van der Waals surface area contributed by atoms with Crippen molar-refractivity contribution in [2.75, 3.05) is 26.3 Å². The van der Waals surface area contributed by atoms with E-state index < -0.39 is 0 Å². The van der Waals surface area contributed by atoms with Crippen molar-refractivity contribution in [3.8, 4) is 10.4 Å². The van der Waals surface area contributed by atoms with Gasteiger partial charge in [-0.25, -0.2) is 4.98 Å². The van der Waals surface area contributed by atoms with Gasteiger partial charge in [-0.2, -0.15) is 0 Å². The van der Waals surface area contributed by atoms with Crippen LogP contribution in [0.15, 0.2) is 36.7 Å². The standard InChI is InChI=1S/C17H17N3O2S/c1-12-2-4-13(5-3-12)15-11-20-10-14(18-17(20)23-15)16(21)19-6-8-22-9-7-19/h2-5,10-11H,6-9H2,1H3. The number of benzene rings is 1. The van der Waals surface area contributed by atoms with Gasteiger partial charge in [-0.3, -0.25) is 9.20 Å². The number of aromatic nitrogens is 2. The maximum Gasteiger partial charge on any atom is 0.274 e. The van der Waals surface area contributed by atoms with Gasteiger partial charge >= 0.3 is 0 Å². The first-order valence-electron chi connectivity index (χ1n) is 7.63. The van der Waals surface area contributed by atoms with Crippen molar-refractivity contribution in [1.82, 2.24) is 14.3 Å². The zero-order chi connectivity index (χ0) is 15.8. The number of nitrogens with zero attached hydrogens (tertiary/aromatic N) is 3. The molecule has 1 amide bonds. The molecule has 118 valence electrons. The van der Waals surface area contributed by atoms with Crippen LogP contribution < -0.4 is 0 Å². The number of hydrogen-bond acceptors (Lipinski definition) is 4. The summed E-state index contributed by atoms with van der Waals surface area (Å²) in [7, 11) is 0. The smallest absolute Gasteiger partial charge is 0.274 e. The molecule has 1 fully saturated rings. The molecule has 6 heteroatoms. The normalized spacial score (nSPS) is 15.3. The zero-order valence-electron chi connectivity index (χ0n) is 12.9. The minimum absolute atomic E-state index is 0.0129. The van der Waals surface area contributed by atoms with Gasteiger partial charge in [-0.15, -0.1) is 0 Å². The van der Waals surface area contributed by atoms with Gasteiger partial charge in [-0.05, 0) is 12.5 Å². The topological polar surface area (TPSA) is 46.8 Å². The maximum absolute atomic E-state index is 12.5. The van der Waals surface area contributed by atoms with E-state index in [0.29, 0.717) is 32.0 Å². The Bertz CT molecular complexity index is 813. The Morgan fingerprint density at radius 2 is 1.91 bits per heavy atom. The molecule has 0 atom stereocenters. The summed E-state index contributed by atoms with van der Waals surface area (Å²) < 4.78 is 7.22. The zero-order valence-corrected chi connectivity index (χ0v) is 13.7. The lowest BCUT2D eigenvalue weighted by atomic mass is 10.1. The number of fused-ring (bicyclic) bond motifs is 1. The molecule has 5 nitrogen and oxygen atoms in total. The van der Waals surface area contributed by atoms with Crippen molar-refractivity contribution in [2.45, 2.75) is 6.92 Å². The molecule has 0 unspecified atom stereocenters. The quantitative estimate of drug-likeness (QED) is 0.727. The minimum Gasteiger partial charge on any atom is -0.378 e. The Hall–Kier alpha value is -2.18. The SMILES string of the molecule is Cc1ccc(-c2cn3cc(C(=O)N4CCOCC4)nc3s2)cc1. The van der Waals surface area contributed by atoms with Gasteiger partial charge in [0.1, 0.15) is 5.69 Å². The first-order chi connectivity index (χ1) is 11.2. The summed E-state index contributed by atoms with van der Waals surface area (Å²) in [5.74, 6) is -0.0129. The number of carbonyl (C=O) groups is 1. The second kappa shape index (κ2) is 5.79. The summed E-state index contributed by atoms with van der Waals surface area (Å²) >= 11 is 1.60. The molecule has 0 bridgehead atoms. The molecule has 2 aromatic heterocycles. The highest BCUT2D eigenvalue weighted by Crippen LogP contribution is 2.28. The summed E-state index contributed by atoms with van der Waals surface area (Å²) in [5, 5.41) is 0. The molecule has 23 heavy (non-hydrogen) atoms. The number of hydrogen-bond donors (Lipinski definition) is 0. The van der Waals surface area contributed by atoms with Gasteiger partial charge in [0, 0.05) is 25.5 Å². The van der Waals surface area contributed by atoms with Gasteiger partial charge in [0.25, 0.3) is 5.91 Å². The Kier molecular flexibility index (Phi) is 3.63. The van der Waals surface area contributed by atoms with Gasteiger partial charge in [0.15, 0.2) is 4.96 Å². The molecule has 0 N–H and O–H groups in total. The van der Waals surface area contributed by atoms with Crippen LogP contribution in [0.4, 0.5) is 0 Å². The fourth-order valence-electron chi connectivity index (χ4n) is 2.68. The molecule has 1 aromatic carbocycles. The maximum atomic E-state index is 12.5. The number of carbonyl (C=O) groups excluding carboxylic acids is 1. The van der Waals surface area contributed by atoms with Crippen LogP contribution in [0.25, 0.3) is 15.4 Å². The Morgan fingerprint density at radius 3 is 2.61 bits per heavy atom. The number of amides is 1. The van der Waals surface area contributed by atoms with E-state index in [-0.39, 0.29) is 5.91 Å². The van der Waals surface area contributed by atoms with Crippen LogP contribution in [-0.4, -0.2) is 46.5 Å². The van der Waals surface area contributed by atoms with E-state index in [4.69, 9.17) is 4.74 Å². The van der Waals surface area contributed by atoms with Crippen LogP contribution in [-0.2, 0) is 4.74 Å². The highest BCUT2D eigenvalue weighted by atomic mass is 32.1. The third kappa shape index (κ3) is 2.75. The van der Waals surface area contributed by atoms with Crippen LogP contribution in [0, 0.1) is 6.92 Å². The molecular formula is C17H17N3O2S. The van der Waals surface area contributed by atoms with Gasteiger partial charge in [-0.1, -0.05) is 41.2 Å².